The van der Waals surface area contributed by atoms with Gasteiger partial charge in [-0.2, -0.15) is 0 Å². The normalized spacial score (nSPS) is 13.4. The van der Waals surface area contributed by atoms with Gasteiger partial charge in [0.25, 0.3) is 0 Å². The van der Waals surface area contributed by atoms with Gasteiger partial charge >= 0.3 is 0 Å². The van der Waals surface area contributed by atoms with Crippen molar-refractivity contribution in [2.75, 3.05) is 0 Å². The lowest BCUT2D eigenvalue weighted by atomic mass is 9.81. The highest BCUT2D eigenvalue weighted by molar-refractivity contribution is 7.23. The van der Waals surface area contributed by atoms with Crippen LogP contribution >= 0.6 is 11.3 Å². The predicted molar refractivity (Wildman–Crippen MR) is 191 cm³/mol. The van der Waals surface area contributed by atoms with Crippen LogP contribution in [-0.4, -0.2) is 0 Å². The van der Waals surface area contributed by atoms with E-state index in [2.05, 4.69) is 159 Å². The molecule has 1 aromatic heterocycles. The van der Waals surface area contributed by atoms with Gasteiger partial charge in [0, 0.05) is 20.6 Å². The average molecular weight is 579 g/mol. The van der Waals surface area contributed by atoms with E-state index in [1.54, 1.807) is 0 Å². The molecule has 0 unspecified atom stereocenters. The zero-order valence-electron chi connectivity index (χ0n) is 24.8. The summed E-state index contributed by atoms with van der Waals surface area (Å²) in [6.07, 6.45) is 0. The van der Waals surface area contributed by atoms with Crippen LogP contribution in [0.3, 0.4) is 0 Å². The monoisotopic (exact) mass is 578 g/mol. The van der Waals surface area contributed by atoms with Gasteiger partial charge in [0.15, 0.2) is 0 Å². The van der Waals surface area contributed by atoms with E-state index in [1.807, 2.05) is 11.3 Å². The lowest BCUT2D eigenvalue weighted by molar-refractivity contribution is 0.667. The second-order valence-corrected chi connectivity index (χ2v) is 13.5. The molecule has 0 N–H and O–H groups in total. The Morgan fingerprint density at radius 2 is 0.909 bits per heavy atom. The molecule has 8 aromatic rings. The van der Waals surface area contributed by atoms with Crippen molar-refractivity contribution < 1.29 is 0 Å². The first-order chi connectivity index (χ1) is 21.6. The number of thiophene rings is 1. The third-order valence-electron chi connectivity index (χ3n) is 9.67. The largest absolute Gasteiger partial charge is 0.134 e. The summed E-state index contributed by atoms with van der Waals surface area (Å²) in [6, 6.07) is 53.7. The molecule has 9 rings (SSSR count). The van der Waals surface area contributed by atoms with E-state index < -0.39 is 0 Å². The molecular formula is C43H30S. The molecule has 1 aliphatic carbocycles. The minimum Gasteiger partial charge on any atom is -0.134 e. The zero-order valence-corrected chi connectivity index (χ0v) is 25.6. The van der Waals surface area contributed by atoms with Crippen molar-refractivity contribution in [2.24, 2.45) is 0 Å². The summed E-state index contributed by atoms with van der Waals surface area (Å²) in [5, 5.41) is 6.57. The first-order valence-corrected chi connectivity index (χ1v) is 16.2. The summed E-state index contributed by atoms with van der Waals surface area (Å²) in [6.45, 7) is 4.78. The quantitative estimate of drug-likeness (QED) is 0.183. The molecule has 0 spiro atoms. The number of benzene rings is 7. The van der Waals surface area contributed by atoms with E-state index in [0.29, 0.717) is 0 Å². The molecule has 1 heteroatoms. The molecule has 0 bridgehead atoms. The summed E-state index contributed by atoms with van der Waals surface area (Å²) < 4.78 is 1.38. The van der Waals surface area contributed by atoms with Crippen LogP contribution in [0.2, 0.25) is 0 Å². The smallest absolute Gasteiger partial charge is 0.0431 e. The first-order valence-electron chi connectivity index (χ1n) is 15.4. The molecule has 0 aliphatic heterocycles. The molecule has 0 saturated heterocycles. The van der Waals surface area contributed by atoms with Crippen LogP contribution in [0.4, 0.5) is 0 Å². The highest BCUT2D eigenvalue weighted by atomic mass is 32.1. The summed E-state index contributed by atoms with van der Waals surface area (Å²) in [5.74, 6) is 0. The molecule has 0 atom stereocenters. The van der Waals surface area contributed by atoms with Gasteiger partial charge in [-0.3, -0.25) is 0 Å². The maximum atomic E-state index is 2.39. The summed E-state index contributed by atoms with van der Waals surface area (Å²) >= 11 is 1.97. The third-order valence-corrected chi connectivity index (χ3v) is 10.9. The molecule has 1 heterocycles. The molecule has 0 saturated carbocycles. The Labute approximate surface area is 261 Å². The highest BCUT2D eigenvalue weighted by Crippen LogP contribution is 2.57. The highest BCUT2D eigenvalue weighted by Gasteiger charge is 2.38. The number of hydrogen-bond donors (Lipinski definition) is 0. The molecule has 0 amide bonds. The van der Waals surface area contributed by atoms with Crippen molar-refractivity contribution in [3.05, 3.63) is 157 Å². The summed E-state index contributed by atoms with van der Waals surface area (Å²) in [7, 11) is 0. The molecule has 7 aromatic carbocycles. The van der Waals surface area contributed by atoms with Gasteiger partial charge in [0.1, 0.15) is 0 Å². The summed E-state index contributed by atoms with van der Waals surface area (Å²) in [5.41, 5.74) is 12.0. The second-order valence-electron chi connectivity index (χ2n) is 12.4. The van der Waals surface area contributed by atoms with E-state index in [-0.39, 0.29) is 5.41 Å². The lowest BCUT2D eigenvalue weighted by Gasteiger charge is -2.22. The molecule has 0 radical (unpaired) electrons. The number of fused-ring (bicyclic) bond motifs is 7. The van der Waals surface area contributed by atoms with E-state index in [1.165, 1.54) is 86.6 Å². The van der Waals surface area contributed by atoms with Crippen molar-refractivity contribution >= 4 is 43.0 Å². The van der Waals surface area contributed by atoms with E-state index in [4.69, 9.17) is 0 Å². The van der Waals surface area contributed by atoms with Gasteiger partial charge in [-0.1, -0.05) is 159 Å². The van der Waals surface area contributed by atoms with Crippen LogP contribution in [0.15, 0.2) is 146 Å². The predicted octanol–water partition coefficient (Wildman–Crippen LogP) is 12.5. The van der Waals surface area contributed by atoms with Crippen LogP contribution < -0.4 is 0 Å². The van der Waals surface area contributed by atoms with Crippen molar-refractivity contribution in [1.82, 2.24) is 0 Å². The topological polar surface area (TPSA) is 0 Å². The van der Waals surface area contributed by atoms with Crippen LogP contribution in [0.1, 0.15) is 25.0 Å². The molecular weight excluding hydrogens is 549 g/mol. The fraction of sp³-hybridized carbons (Fsp3) is 0.0698. The third kappa shape index (κ3) is 3.57. The van der Waals surface area contributed by atoms with E-state index in [9.17, 15) is 0 Å². The lowest BCUT2D eigenvalue weighted by Crippen LogP contribution is -2.14. The Balaban J connectivity index is 1.32. The Bertz CT molecular complexity index is 2330. The van der Waals surface area contributed by atoms with Gasteiger partial charge in [-0.25, -0.2) is 0 Å². The molecule has 208 valence electrons. The Morgan fingerprint density at radius 3 is 1.59 bits per heavy atom. The Morgan fingerprint density at radius 1 is 0.409 bits per heavy atom. The molecule has 0 fully saturated rings. The van der Waals surface area contributed by atoms with Gasteiger partial charge in [-0.05, 0) is 71.4 Å². The fourth-order valence-electron chi connectivity index (χ4n) is 7.68. The van der Waals surface area contributed by atoms with Crippen LogP contribution in [0, 0.1) is 0 Å². The van der Waals surface area contributed by atoms with Crippen molar-refractivity contribution in [1.29, 1.82) is 0 Å². The SMILES string of the molecule is CC1(C)c2ccccc2-c2sc3c(-c4c5ccccc5c(-c5ccc(-c6ccccc6)cc5)c5ccccc45)cccc3c21. The second kappa shape index (κ2) is 9.51. The van der Waals surface area contributed by atoms with Crippen LogP contribution in [0.25, 0.3) is 75.5 Å². The molecule has 1 aliphatic rings. The molecule has 0 nitrogen and oxygen atoms in total. The van der Waals surface area contributed by atoms with E-state index >= 15 is 0 Å². The average Bonchev–Trinajstić information content (AvgIpc) is 3.58. The minimum absolute atomic E-state index is 0.0251. The maximum absolute atomic E-state index is 2.39. The Kier molecular flexibility index (Phi) is 5.51. The maximum Gasteiger partial charge on any atom is 0.0431 e. The minimum atomic E-state index is -0.0251. The van der Waals surface area contributed by atoms with Crippen molar-refractivity contribution in [3.63, 3.8) is 0 Å². The number of hydrogen-bond acceptors (Lipinski definition) is 1. The standard InChI is InChI=1S/C43H30S/c1-43(2)37-22-11-10-19-34(37)42-40(43)36-21-12-20-35(41(36)44-42)39-32-17-8-6-15-30(32)38(31-16-7-9-18-33(31)39)29-25-23-28(24-26-29)27-13-4-3-5-14-27/h3-26H,1-2H3. The van der Waals surface area contributed by atoms with E-state index in [0.717, 1.165) is 0 Å². The van der Waals surface area contributed by atoms with Gasteiger partial charge in [-0.15, -0.1) is 11.3 Å². The van der Waals surface area contributed by atoms with Crippen molar-refractivity contribution in [3.8, 4) is 43.8 Å². The number of rotatable bonds is 3. The summed E-state index contributed by atoms with van der Waals surface area (Å²) in [4.78, 5) is 1.43. The van der Waals surface area contributed by atoms with Gasteiger partial charge in [0.2, 0.25) is 0 Å². The van der Waals surface area contributed by atoms with Gasteiger partial charge in [0.05, 0.1) is 0 Å². The van der Waals surface area contributed by atoms with Crippen molar-refractivity contribution in [2.45, 2.75) is 19.3 Å². The Hall–Kier alpha value is -4.98. The van der Waals surface area contributed by atoms with Gasteiger partial charge < -0.3 is 0 Å². The first kappa shape index (κ1) is 25.5. The molecule has 44 heavy (non-hydrogen) atoms. The zero-order chi connectivity index (χ0) is 29.4. The van der Waals surface area contributed by atoms with Crippen LogP contribution in [-0.2, 0) is 5.41 Å². The van der Waals surface area contributed by atoms with Crippen LogP contribution in [0.5, 0.6) is 0 Å². The fourth-order valence-corrected chi connectivity index (χ4v) is 9.20.